The third kappa shape index (κ3) is 3.52. The van der Waals surface area contributed by atoms with Gasteiger partial charge in [-0.2, -0.15) is 13.2 Å². The first-order valence-corrected chi connectivity index (χ1v) is 10.0. The zero-order valence-electron chi connectivity index (χ0n) is 15.5. The summed E-state index contributed by atoms with van der Waals surface area (Å²) in [6, 6.07) is 12.6. The summed E-state index contributed by atoms with van der Waals surface area (Å²) in [7, 11) is 0. The number of nitrogens with zero attached hydrogens (tertiary/aromatic N) is 4. The van der Waals surface area contributed by atoms with Gasteiger partial charge in [0.25, 0.3) is 0 Å². The van der Waals surface area contributed by atoms with Crippen LogP contribution in [0.2, 0.25) is 0 Å². The number of morpholine rings is 1. The largest absolute Gasteiger partial charge is 0.418 e. The molecule has 2 aromatic carbocycles. The molecular weight excluding hydrogens is 417 g/mol. The Morgan fingerprint density at radius 1 is 1.07 bits per heavy atom. The summed E-state index contributed by atoms with van der Waals surface area (Å²) in [6.45, 7) is 1.31. The number of halogens is 3. The van der Waals surface area contributed by atoms with Crippen LogP contribution in [0.3, 0.4) is 0 Å². The van der Waals surface area contributed by atoms with Crippen LogP contribution in [0.1, 0.15) is 17.5 Å². The fourth-order valence-corrected chi connectivity index (χ4v) is 4.34. The van der Waals surface area contributed by atoms with Gasteiger partial charge in [0.2, 0.25) is 11.8 Å². The number of hydrogen-bond donors (Lipinski definition) is 0. The van der Waals surface area contributed by atoms with Crippen molar-refractivity contribution in [3.05, 3.63) is 60.0 Å². The molecule has 1 fully saturated rings. The second kappa shape index (κ2) is 7.37. The quantitative estimate of drug-likeness (QED) is 0.457. The highest BCUT2D eigenvalue weighted by Crippen LogP contribution is 2.38. The monoisotopic (exact) mass is 432 g/mol. The first-order chi connectivity index (χ1) is 14.5. The number of rotatable bonds is 3. The molecule has 5 rings (SSSR count). The number of alkyl halides is 3. The van der Waals surface area contributed by atoms with Crippen LogP contribution >= 0.6 is 11.3 Å². The van der Waals surface area contributed by atoms with E-state index in [1.165, 1.54) is 17.4 Å². The first-order valence-electron chi connectivity index (χ1n) is 9.20. The van der Waals surface area contributed by atoms with Crippen LogP contribution in [0.15, 0.2) is 52.9 Å². The highest BCUT2D eigenvalue weighted by molar-refractivity contribution is 7.22. The lowest BCUT2D eigenvalue weighted by atomic mass is 10.2. The maximum Gasteiger partial charge on any atom is 0.416 e. The van der Waals surface area contributed by atoms with Gasteiger partial charge in [0, 0.05) is 12.1 Å². The number of benzene rings is 2. The lowest BCUT2D eigenvalue weighted by molar-refractivity contribution is -0.137. The van der Waals surface area contributed by atoms with E-state index in [1.54, 1.807) is 0 Å². The summed E-state index contributed by atoms with van der Waals surface area (Å²) in [5.41, 5.74) is 0.402. The Morgan fingerprint density at radius 3 is 2.70 bits per heavy atom. The van der Waals surface area contributed by atoms with Gasteiger partial charge in [-0.1, -0.05) is 29.5 Å². The van der Waals surface area contributed by atoms with E-state index >= 15 is 0 Å². The topological polar surface area (TPSA) is 64.3 Å². The van der Waals surface area contributed by atoms with Crippen LogP contribution in [0, 0.1) is 0 Å². The van der Waals surface area contributed by atoms with Crippen LogP contribution in [0.4, 0.5) is 18.3 Å². The molecule has 0 unspecified atom stereocenters. The van der Waals surface area contributed by atoms with E-state index in [1.807, 2.05) is 35.2 Å². The summed E-state index contributed by atoms with van der Waals surface area (Å²) in [6.07, 6.45) is -4.41. The van der Waals surface area contributed by atoms with Gasteiger partial charge >= 0.3 is 6.18 Å². The van der Waals surface area contributed by atoms with E-state index in [9.17, 15) is 13.2 Å². The molecule has 0 amide bonds. The second-order valence-electron chi connectivity index (χ2n) is 6.77. The van der Waals surface area contributed by atoms with E-state index in [-0.39, 0.29) is 6.04 Å². The Hall–Kier alpha value is -2.98. The molecule has 0 radical (unpaired) electrons. The minimum absolute atomic E-state index is 0.311. The molecule has 0 aliphatic carbocycles. The smallest absolute Gasteiger partial charge is 0.416 e. The Bertz CT molecular complexity index is 1180. The SMILES string of the molecule is FC(F)(F)c1ccc2sc(N3CCOC[C@H]3c3nnc(-c4ccccc4)o3)nc2c1. The van der Waals surface area contributed by atoms with Gasteiger partial charge in [-0.25, -0.2) is 4.98 Å². The van der Waals surface area contributed by atoms with Crippen LogP contribution in [0.5, 0.6) is 0 Å². The van der Waals surface area contributed by atoms with Crippen molar-refractivity contribution in [1.29, 1.82) is 0 Å². The maximum atomic E-state index is 13.0. The summed E-state index contributed by atoms with van der Waals surface area (Å²) in [4.78, 5) is 6.40. The average Bonchev–Trinajstić information content (AvgIpc) is 3.40. The molecule has 1 saturated heterocycles. The highest BCUT2D eigenvalue weighted by Gasteiger charge is 2.33. The second-order valence-corrected chi connectivity index (χ2v) is 7.78. The summed E-state index contributed by atoms with van der Waals surface area (Å²) in [5, 5.41) is 8.91. The molecule has 10 heteroatoms. The van der Waals surface area contributed by atoms with Gasteiger partial charge < -0.3 is 14.1 Å². The number of aromatic nitrogens is 3. The molecule has 1 aliphatic rings. The van der Waals surface area contributed by atoms with Crippen LogP contribution < -0.4 is 4.90 Å². The van der Waals surface area contributed by atoms with Gasteiger partial charge in [-0.15, -0.1) is 10.2 Å². The van der Waals surface area contributed by atoms with Crippen molar-refractivity contribution < 1.29 is 22.3 Å². The fraction of sp³-hybridized carbons (Fsp3) is 0.250. The third-order valence-corrected chi connectivity index (χ3v) is 5.90. The highest BCUT2D eigenvalue weighted by atomic mass is 32.1. The molecule has 3 heterocycles. The van der Waals surface area contributed by atoms with Crippen molar-refractivity contribution in [3.63, 3.8) is 0 Å². The van der Waals surface area contributed by atoms with Gasteiger partial charge in [0.15, 0.2) is 5.13 Å². The lowest BCUT2D eigenvalue weighted by Gasteiger charge is -2.33. The van der Waals surface area contributed by atoms with Crippen molar-refractivity contribution in [1.82, 2.24) is 15.2 Å². The number of ether oxygens (including phenoxy) is 1. The normalized spacial score (nSPS) is 17.6. The molecule has 1 aliphatic heterocycles. The van der Waals surface area contributed by atoms with Gasteiger partial charge in [0.1, 0.15) is 6.04 Å². The minimum Gasteiger partial charge on any atom is -0.418 e. The Balaban J connectivity index is 1.48. The number of fused-ring (bicyclic) bond motifs is 1. The van der Waals surface area contributed by atoms with Crippen molar-refractivity contribution in [3.8, 4) is 11.5 Å². The molecule has 4 aromatic rings. The summed E-state index contributed by atoms with van der Waals surface area (Å²) in [5.74, 6) is 0.777. The molecular formula is C20H15F3N4O2S. The standard InChI is InChI=1S/C20H15F3N4O2S/c21-20(22,23)13-6-7-16-14(10-13)24-19(30-16)27-8-9-28-11-15(27)18-26-25-17(29-18)12-4-2-1-3-5-12/h1-7,10,15H,8-9,11H2/t15-/m0/s1. The third-order valence-electron chi connectivity index (χ3n) is 4.82. The lowest BCUT2D eigenvalue weighted by Crippen LogP contribution is -2.39. The average molecular weight is 432 g/mol. The van der Waals surface area contributed by atoms with E-state index in [0.717, 1.165) is 17.7 Å². The van der Waals surface area contributed by atoms with Gasteiger partial charge in [-0.05, 0) is 30.3 Å². The van der Waals surface area contributed by atoms with Crippen molar-refractivity contribution >= 4 is 26.7 Å². The maximum absolute atomic E-state index is 13.0. The Morgan fingerprint density at radius 2 is 1.90 bits per heavy atom. The number of anilines is 1. The zero-order valence-corrected chi connectivity index (χ0v) is 16.3. The molecule has 0 spiro atoms. The van der Waals surface area contributed by atoms with Crippen LogP contribution in [0.25, 0.3) is 21.7 Å². The van der Waals surface area contributed by atoms with E-state index in [0.29, 0.717) is 46.9 Å². The van der Waals surface area contributed by atoms with Gasteiger partial charge in [0.05, 0.1) is 29.0 Å². The number of hydrogen-bond acceptors (Lipinski definition) is 7. The molecule has 2 aromatic heterocycles. The molecule has 0 saturated carbocycles. The molecule has 0 bridgehead atoms. The minimum atomic E-state index is -4.41. The van der Waals surface area contributed by atoms with Crippen molar-refractivity contribution in [2.45, 2.75) is 12.2 Å². The van der Waals surface area contributed by atoms with Crippen molar-refractivity contribution in [2.24, 2.45) is 0 Å². The molecule has 1 atom stereocenters. The predicted octanol–water partition coefficient (Wildman–Crippen LogP) is 4.94. The van der Waals surface area contributed by atoms with E-state index in [4.69, 9.17) is 9.15 Å². The van der Waals surface area contributed by atoms with Crippen LogP contribution in [-0.4, -0.2) is 34.9 Å². The molecule has 30 heavy (non-hydrogen) atoms. The van der Waals surface area contributed by atoms with Crippen LogP contribution in [-0.2, 0) is 10.9 Å². The first kappa shape index (κ1) is 19.0. The zero-order chi connectivity index (χ0) is 20.7. The Kier molecular flexibility index (Phi) is 4.67. The fourth-order valence-electron chi connectivity index (χ4n) is 3.32. The molecule has 154 valence electrons. The van der Waals surface area contributed by atoms with Crippen molar-refractivity contribution in [2.75, 3.05) is 24.7 Å². The molecule has 0 N–H and O–H groups in total. The summed E-state index contributed by atoms with van der Waals surface area (Å²) >= 11 is 1.33. The van der Waals surface area contributed by atoms with E-state index in [2.05, 4.69) is 15.2 Å². The van der Waals surface area contributed by atoms with E-state index < -0.39 is 11.7 Å². The summed E-state index contributed by atoms with van der Waals surface area (Å²) < 4.78 is 51.2. The van der Waals surface area contributed by atoms with Gasteiger partial charge in [-0.3, -0.25) is 0 Å². The Labute approximate surface area is 172 Å². The number of thiazole rings is 1. The predicted molar refractivity (Wildman–Crippen MR) is 105 cm³/mol. The molecule has 6 nitrogen and oxygen atoms in total.